The van der Waals surface area contributed by atoms with Crippen LogP contribution in [0.25, 0.3) is 0 Å². The van der Waals surface area contributed by atoms with Crippen molar-refractivity contribution in [2.24, 2.45) is 0 Å². The Bertz CT molecular complexity index is 201. The van der Waals surface area contributed by atoms with E-state index in [-0.39, 0.29) is 5.41 Å². The van der Waals surface area contributed by atoms with Crippen molar-refractivity contribution in [1.82, 2.24) is 15.3 Å². The molecule has 0 unspecified atom stereocenters. The van der Waals surface area contributed by atoms with Gasteiger partial charge >= 0.3 is 0 Å². The van der Waals surface area contributed by atoms with Crippen LogP contribution in [0.2, 0.25) is 0 Å². The van der Waals surface area contributed by atoms with Gasteiger partial charge in [0.1, 0.15) is 0 Å². The summed E-state index contributed by atoms with van der Waals surface area (Å²) < 4.78 is 0. The molecular weight excluding hydrogens is 138 g/mol. The smallest absolute Gasteiger partial charge is 0.0921 e. The molecule has 0 amide bonds. The fraction of sp³-hybridized carbons (Fsp3) is 0.625. The maximum absolute atomic E-state index is 3.99. The molecule has 62 valence electrons. The van der Waals surface area contributed by atoms with Crippen LogP contribution in [0.3, 0.4) is 0 Å². The average Bonchev–Trinajstić information content (AvgIpc) is 2.37. The molecule has 0 saturated carbocycles. The summed E-state index contributed by atoms with van der Waals surface area (Å²) in [6.45, 7) is 5.31. The van der Waals surface area contributed by atoms with Crippen LogP contribution >= 0.6 is 0 Å². The number of nitrogens with zero attached hydrogens (tertiary/aromatic N) is 1. The number of H-pyrrole nitrogens is 1. The number of likely N-dealkylation sites (N-methyl/N-ethyl adjacent to an activating group) is 1. The molecule has 0 radical (unpaired) electrons. The van der Waals surface area contributed by atoms with E-state index in [1.165, 1.54) is 5.69 Å². The van der Waals surface area contributed by atoms with Crippen molar-refractivity contribution in [3.05, 3.63) is 18.2 Å². The first kappa shape index (κ1) is 8.27. The standard InChI is InChI=1S/C8H15N3/c1-8(2,5-9-3)7-4-10-6-11-7/h4,6,9H,5H2,1-3H3,(H,10,11). The quantitative estimate of drug-likeness (QED) is 0.677. The van der Waals surface area contributed by atoms with Crippen molar-refractivity contribution >= 4 is 0 Å². The van der Waals surface area contributed by atoms with Crippen molar-refractivity contribution in [2.45, 2.75) is 19.3 Å². The Kier molecular flexibility index (Phi) is 2.29. The summed E-state index contributed by atoms with van der Waals surface area (Å²) in [5.41, 5.74) is 1.32. The van der Waals surface area contributed by atoms with Gasteiger partial charge in [0.2, 0.25) is 0 Å². The van der Waals surface area contributed by atoms with Crippen LogP contribution in [0.4, 0.5) is 0 Å². The van der Waals surface area contributed by atoms with Gasteiger partial charge in [-0.15, -0.1) is 0 Å². The summed E-state index contributed by atoms with van der Waals surface area (Å²) in [5.74, 6) is 0. The summed E-state index contributed by atoms with van der Waals surface area (Å²) in [5, 5.41) is 3.15. The van der Waals surface area contributed by atoms with Crippen LogP contribution in [0.5, 0.6) is 0 Å². The first-order valence-electron chi connectivity index (χ1n) is 3.80. The fourth-order valence-corrected chi connectivity index (χ4v) is 1.16. The molecule has 0 aliphatic heterocycles. The van der Waals surface area contributed by atoms with Gasteiger partial charge in [-0.2, -0.15) is 0 Å². The predicted octanol–water partition coefficient (Wildman–Crippen LogP) is 0.907. The summed E-state index contributed by atoms with van der Waals surface area (Å²) in [6.07, 6.45) is 3.59. The maximum Gasteiger partial charge on any atom is 0.0921 e. The highest BCUT2D eigenvalue weighted by atomic mass is 14.9. The number of nitrogens with one attached hydrogen (secondary N) is 2. The first-order chi connectivity index (χ1) is 5.17. The second kappa shape index (κ2) is 3.05. The van der Waals surface area contributed by atoms with E-state index in [9.17, 15) is 0 Å². The zero-order chi connectivity index (χ0) is 8.32. The highest BCUT2D eigenvalue weighted by Gasteiger charge is 2.20. The fourth-order valence-electron chi connectivity index (χ4n) is 1.16. The molecule has 11 heavy (non-hydrogen) atoms. The zero-order valence-corrected chi connectivity index (χ0v) is 7.31. The molecule has 0 aliphatic rings. The van der Waals surface area contributed by atoms with Gasteiger partial charge in [-0.1, -0.05) is 13.8 Å². The Hall–Kier alpha value is -0.830. The van der Waals surface area contributed by atoms with E-state index in [0.29, 0.717) is 0 Å². The minimum Gasteiger partial charge on any atom is -0.348 e. The van der Waals surface area contributed by atoms with Crippen molar-refractivity contribution in [3.8, 4) is 0 Å². The molecule has 0 spiro atoms. The topological polar surface area (TPSA) is 40.7 Å². The molecule has 1 heterocycles. The zero-order valence-electron chi connectivity index (χ0n) is 7.31. The number of imidazole rings is 1. The highest BCUT2D eigenvalue weighted by molar-refractivity contribution is 5.10. The van der Waals surface area contributed by atoms with E-state index in [2.05, 4.69) is 29.1 Å². The lowest BCUT2D eigenvalue weighted by Crippen LogP contribution is -2.30. The molecule has 0 bridgehead atoms. The predicted molar refractivity (Wildman–Crippen MR) is 45.5 cm³/mol. The van der Waals surface area contributed by atoms with Crippen LogP contribution in [-0.2, 0) is 5.41 Å². The van der Waals surface area contributed by atoms with Crippen LogP contribution in [-0.4, -0.2) is 23.6 Å². The average molecular weight is 153 g/mol. The normalized spacial score (nSPS) is 11.9. The Balaban J connectivity index is 2.73. The van der Waals surface area contributed by atoms with E-state index >= 15 is 0 Å². The first-order valence-corrected chi connectivity index (χ1v) is 3.80. The maximum atomic E-state index is 3.99. The van der Waals surface area contributed by atoms with E-state index in [1.54, 1.807) is 6.33 Å². The summed E-state index contributed by atoms with van der Waals surface area (Å²) >= 11 is 0. The van der Waals surface area contributed by atoms with Gasteiger partial charge in [0.05, 0.1) is 6.33 Å². The van der Waals surface area contributed by atoms with Crippen molar-refractivity contribution in [1.29, 1.82) is 0 Å². The van der Waals surface area contributed by atoms with Crippen LogP contribution in [0, 0.1) is 0 Å². The van der Waals surface area contributed by atoms with Crippen molar-refractivity contribution in [3.63, 3.8) is 0 Å². The van der Waals surface area contributed by atoms with E-state index in [0.717, 1.165) is 6.54 Å². The molecule has 1 aromatic rings. The Labute approximate surface area is 67.2 Å². The number of hydrogen-bond donors (Lipinski definition) is 2. The number of aromatic nitrogens is 2. The number of rotatable bonds is 3. The summed E-state index contributed by atoms with van der Waals surface area (Å²) in [7, 11) is 1.96. The lowest BCUT2D eigenvalue weighted by molar-refractivity contribution is 0.482. The molecule has 0 saturated heterocycles. The number of hydrogen-bond acceptors (Lipinski definition) is 2. The molecule has 0 aromatic carbocycles. The molecule has 1 rings (SSSR count). The van der Waals surface area contributed by atoms with Crippen LogP contribution < -0.4 is 5.32 Å². The van der Waals surface area contributed by atoms with Crippen LogP contribution in [0.15, 0.2) is 12.5 Å². The summed E-state index contributed by atoms with van der Waals surface area (Å²) in [6, 6.07) is 0. The minimum atomic E-state index is 0.144. The van der Waals surface area contributed by atoms with Gasteiger partial charge < -0.3 is 10.3 Å². The number of aromatic amines is 1. The lowest BCUT2D eigenvalue weighted by Gasteiger charge is -2.21. The lowest BCUT2D eigenvalue weighted by atomic mass is 9.90. The third kappa shape index (κ3) is 1.80. The molecule has 3 heteroatoms. The monoisotopic (exact) mass is 153 g/mol. The van der Waals surface area contributed by atoms with E-state index < -0.39 is 0 Å². The van der Waals surface area contributed by atoms with E-state index in [4.69, 9.17) is 0 Å². The molecule has 1 aromatic heterocycles. The summed E-state index contributed by atoms with van der Waals surface area (Å²) in [4.78, 5) is 7.10. The van der Waals surface area contributed by atoms with Crippen LogP contribution in [0.1, 0.15) is 19.5 Å². The largest absolute Gasteiger partial charge is 0.348 e. The Morgan fingerprint density at radius 1 is 1.64 bits per heavy atom. The van der Waals surface area contributed by atoms with Gasteiger partial charge in [0.15, 0.2) is 0 Å². The Morgan fingerprint density at radius 2 is 2.36 bits per heavy atom. The molecule has 0 atom stereocenters. The van der Waals surface area contributed by atoms with Crippen molar-refractivity contribution in [2.75, 3.05) is 13.6 Å². The second-order valence-electron chi connectivity index (χ2n) is 3.38. The SMILES string of the molecule is CNCC(C)(C)c1cnc[nH]1. The van der Waals surface area contributed by atoms with Gasteiger partial charge in [-0.25, -0.2) is 4.98 Å². The highest BCUT2D eigenvalue weighted by Crippen LogP contribution is 2.18. The third-order valence-electron chi connectivity index (χ3n) is 1.85. The minimum absolute atomic E-state index is 0.144. The van der Waals surface area contributed by atoms with E-state index in [1.807, 2.05) is 13.2 Å². The molecule has 3 nitrogen and oxygen atoms in total. The van der Waals surface area contributed by atoms with Gasteiger partial charge in [-0.05, 0) is 7.05 Å². The molecule has 0 aliphatic carbocycles. The molecular formula is C8H15N3. The molecule has 0 fully saturated rings. The van der Waals surface area contributed by atoms with Crippen molar-refractivity contribution < 1.29 is 0 Å². The van der Waals surface area contributed by atoms with Gasteiger partial charge in [0, 0.05) is 23.9 Å². The van der Waals surface area contributed by atoms with Gasteiger partial charge in [0.25, 0.3) is 0 Å². The second-order valence-corrected chi connectivity index (χ2v) is 3.38. The van der Waals surface area contributed by atoms with Gasteiger partial charge in [-0.3, -0.25) is 0 Å². The third-order valence-corrected chi connectivity index (χ3v) is 1.85. The Morgan fingerprint density at radius 3 is 2.82 bits per heavy atom. The molecule has 2 N–H and O–H groups in total.